The van der Waals surface area contributed by atoms with E-state index in [0.29, 0.717) is 31.8 Å². The summed E-state index contributed by atoms with van der Waals surface area (Å²) in [4.78, 5) is 15.0. The Hall–Kier alpha value is -1.59. The van der Waals surface area contributed by atoms with Gasteiger partial charge in [-0.05, 0) is 50.0 Å². The molecule has 0 bridgehead atoms. The summed E-state index contributed by atoms with van der Waals surface area (Å²) in [5.74, 6) is 1.61. The third kappa shape index (κ3) is 6.71. The molecule has 0 radical (unpaired) electrons. The number of aliphatic hydroxyl groups excluding tert-OH is 1. The average Bonchev–Trinajstić information content (AvgIpc) is 3.25. The van der Waals surface area contributed by atoms with Crippen LogP contribution in [0.2, 0.25) is 0 Å². The molecule has 1 aromatic rings. The summed E-state index contributed by atoms with van der Waals surface area (Å²) in [7, 11) is 0. The molecular weight excluding hydrogens is 366 g/mol. The maximum absolute atomic E-state index is 12.7. The molecule has 0 spiro atoms. The number of ketones is 1. The minimum absolute atomic E-state index is 0.0844. The summed E-state index contributed by atoms with van der Waals surface area (Å²) in [6.07, 6.45) is 8.58. The molecule has 29 heavy (non-hydrogen) atoms. The Morgan fingerprint density at radius 2 is 1.79 bits per heavy atom. The van der Waals surface area contributed by atoms with E-state index in [0.717, 1.165) is 43.8 Å². The maximum atomic E-state index is 12.7. The van der Waals surface area contributed by atoms with Gasteiger partial charge in [-0.1, -0.05) is 38.7 Å². The summed E-state index contributed by atoms with van der Waals surface area (Å²) in [5, 5.41) is 11.2. The van der Waals surface area contributed by atoms with Crippen molar-refractivity contribution in [2.45, 2.75) is 70.8 Å². The van der Waals surface area contributed by atoms with Gasteiger partial charge in [-0.25, -0.2) is 0 Å². The average molecular weight is 404 g/mol. The number of hydrogen-bond acceptors (Lipinski definition) is 5. The summed E-state index contributed by atoms with van der Waals surface area (Å²) in [6.45, 7) is 6.19. The van der Waals surface area contributed by atoms with Crippen molar-refractivity contribution in [2.75, 3.05) is 32.8 Å². The zero-order valence-corrected chi connectivity index (χ0v) is 17.9. The van der Waals surface area contributed by atoms with E-state index in [9.17, 15) is 9.90 Å². The molecule has 1 saturated heterocycles. The summed E-state index contributed by atoms with van der Waals surface area (Å²) < 4.78 is 11.3. The van der Waals surface area contributed by atoms with Gasteiger partial charge >= 0.3 is 0 Å². The molecule has 5 nitrogen and oxygen atoms in total. The number of likely N-dealkylation sites (tertiary alicyclic amines) is 1. The van der Waals surface area contributed by atoms with Gasteiger partial charge < -0.3 is 19.5 Å². The van der Waals surface area contributed by atoms with Gasteiger partial charge in [0.05, 0.1) is 6.10 Å². The van der Waals surface area contributed by atoms with Crippen LogP contribution in [0.5, 0.6) is 11.5 Å². The summed E-state index contributed by atoms with van der Waals surface area (Å²) in [6, 6.07) is 5.66. The normalized spacial score (nSPS) is 18.6. The van der Waals surface area contributed by atoms with E-state index < -0.39 is 6.10 Å². The van der Waals surface area contributed by atoms with Crippen LogP contribution in [0.3, 0.4) is 0 Å². The number of unbranched alkanes of at least 4 members (excludes halogenated alkanes) is 4. The van der Waals surface area contributed by atoms with Gasteiger partial charge in [0.1, 0.15) is 19.0 Å². The number of nitrogens with zero attached hydrogens (tertiary/aromatic N) is 1. The van der Waals surface area contributed by atoms with E-state index in [-0.39, 0.29) is 11.7 Å². The molecule has 2 aliphatic heterocycles. The predicted octanol–water partition coefficient (Wildman–Crippen LogP) is 4.52. The first-order chi connectivity index (χ1) is 14.2. The lowest BCUT2D eigenvalue weighted by atomic mass is 9.89. The molecule has 2 aliphatic rings. The molecule has 1 fully saturated rings. The smallest absolute Gasteiger partial charge is 0.161 e. The summed E-state index contributed by atoms with van der Waals surface area (Å²) >= 11 is 0. The first-order valence-electron chi connectivity index (χ1n) is 11.5. The number of benzene rings is 1. The van der Waals surface area contributed by atoms with Crippen LogP contribution >= 0.6 is 0 Å². The standard InChI is InChI=1S/C24H37NO4/c1-2-3-4-5-6-9-21(26)16-20(18-25-12-7-8-13-25)24(27)19-10-11-22-23(17-19)29-15-14-28-22/h10-11,17,20,24,27H,2-9,12-16,18H2,1H3/t20-,24-/m1/s1. The van der Waals surface area contributed by atoms with Crippen molar-refractivity contribution >= 4 is 5.78 Å². The maximum Gasteiger partial charge on any atom is 0.161 e. The molecule has 2 atom stereocenters. The van der Waals surface area contributed by atoms with Gasteiger partial charge in [-0.2, -0.15) is 0 Å². The molecule has 5 heteroatoms. The van der Waals surface area contributed by atoms with Crippen LogP contribution in [-0.2, 0) is 4.79 Å². The highest BCUT2D eigenvalue weighted by molar-refractivity contribution is 5.78. The molecule has 0 amide bonds. The monoisotopic (exact) mass is 403 g/mol. The Balaban J connectivity index is 1.61. The van der Waals surface area contributed by atoms with E-state index in [2.05, 4.69) is 11.8 Å². The second-order valence-electron chi connectivity index (χ2n) is 8.52. The van der Waals surface area contributed by atoms with E-state index in [4.69, 9.17) is 9.47 Å². The number of fused-ring (bicyclic) bond motifs is 1. The van der Waals surface area contributed by atoms with Gasteiger partial charge in [-0.3, -0.25) is 4.79 Å². The largest absolute Gasteiger partial charge is 0.486 e. The second kappa shape index (κ2) is 11.6. The Labute approximate surface area is 175 Å². The van der Waals surface area contributed by atoms with Gasteiger partial charge in [0.25, 0.3) is 0 Å². The first kappa shape index (κ1) is 22.1. The molecule has 2 heterocycles. The number of Topliss-reactive ketones (excluding diaryl/α,β-unsaturated/α-hetero) is 1. The van der Waals surface area contributed by atoms with Crippen molar-refractivity contribution in [1.29, 1.82) is 0 Å². The predicted molar refractivity (Wildman–Crippen MR) is 115 cm³/mol. The Kier molecular flexibility index (Phi) is 8.81. The molecule has 0 aliphatic carbocycles. The number of ether oxygens (including phenoxy) is 2. The Morgan fingerprint density at radius 3 is 2.55 bits per heavy atom. The van der Waals surface area contributed by atoms with Gasteiger partial charge in [0.2, 0.25) is 0 Å². The van der Waals surface area contributed by atoms with Crippen LogP contribution in [0.15, 0.2) is 18.2 Å². The lowest BCUT2D eigenvalue weighted by Gasteiger charge is -2.28. The number of carbonyl (C=O) groups excluding carboxylic acids is 1. The number of carbonyl (C=O) groups is 1. The molecule has 0 unspecified atom stereocenters. The second-order valence-corrected chi connectivity index (χ2v) is 8.52. The minimum Gasteiger partial charge on any atom is -0.486 e. The highest BCUT2D eigenvalue weighted by Crippen LogP contribution is 2.35. The third-order valence-electron chi connectivity index (χ3n) is 6.09. The fraction of sp³-hybridized carbons (Fsp3) is 0.708. The van der Waals surface area contributed by atoms with Crippen molar-refractivity contribution in [3.63, 3.8) is 0 Å². The molecular formula is C24H37NO4. The van der Waals surface area contributed by atoms with E-state index >= 15 is 0 Å². The van der Waals surface area contributed by atoms with E-state index in [1.807, 2.05) is 18.2 Å². The SMILES string of the molecule is CCCCCCCC(=O)C[C@H](CN1CCCC1)[C@H](O)c1ccc2c(c1)OCCO2. The van der Waals surface area contributed by atoms with E-state index in [1.54, 1.807) is 0 Å². The van der Waals surface area contributed by atoms with Crippen molar-refractivity contribution in [3.8, 4) is 11.5 Å². The highest BCUT2D eigenvalue weighted by Gasteiger charge is 2.28. The number of hydrogen-bond donors (Lipinski definition) is 1. The Morgan fingerprint density at radius 1 is 1.07 bits per heavy atom. The zero-order valence-electron chi connectivity index (χ0n) is 17.9. The molecule has 162 valence electrons. The quantitative estimate of drug-likeness (QED) is 0.520. The van der Waals surface area contributed by atoms with Gasteiger partial charge in [0.15, 0.2) is 11.5 Å². The molecule has 3 rings (SSSR count). The molecule has 0 aromatic heterocycles. The van der Waals surface area contributed by atoms with Crippen molar-refractivity contribution < 1.29 is 19.4 Å². The van der Waals surface area contributed by atoms with Gasteiger partial charge in [0, 0.05) is 25.3 Å². The van der Waals surface area contributed by atoms with Crippen molar-refractivity contribution in [3.05, 3.63) is 23.8 Å². The number of rotatable bonds is 12. The lowest BCUT2D eigenvalue weighted by Crippen LogP contribution is -2.31. The van der Waals surface area contributed by atoms with Gasteiger partial charge in [-0.15, -0.1) is 0 Å². The number of aliphatic hydroxyl groups is 1. The zero-order chi connectivity index (χ0) is 20.5. The van der Waals surface area contributed by atoms with Crippen LogP contribution in [0.25, 0.3) is 0 Å². The van der Waals surface area contributed by atoms with Crippen LogP contribution in [0.1, 0.15) is 76.4 Å². The van der Waals surface area contributed by atoms with Crippen LogP contribution in [-0.4, -0.2) is 48.6 Å². The molecule has 0 saturated carbocycles. The van der Waals surface area contributed by atoms with Crippen molar-refractivity contribution in [2.24, 2.45) is 5.92 Å². The fourth-order valence-electron chi connectivity index (χ4n) is 4.41. The van der Waals surface area contributed by atoms with Crippen molar-refractivity contribution in [1.82, 2.24) is 4.90 Å². The highest BCUT2D eigenvalue weighted by atomic mass is 16.6. The van der Waals surface area contributed by atoms with Crippen LogP contribution < -0.4 is 9.47 Å². The van der Waals surface area contributed by atoms with Crippen LogP contribution in [0.4, 0.5) is 0 Å². The third-order valence-corrected chi connectivity index (χ3v) is 6.09. The molecule has 1 N–H and O–H groups in total. The topological polar surface area (TPSA) is 59.0 Å². The Bertz CT molecular complexity index is 642. The van der Waals surface area contributed by atoms with E-state index in [1.165, 1.54) is 32.1 Å². The lowest BCUT2D eigenvalue weighted by molar-refractivity contribution is -0.121. The minimum atomic E-state index is -0.671. The fourth-order valence-corrected chi connectivity index (χ4v) is 4.41. The first-order valence-corrected chi connectivity index (χ1v) is 11.5. The molecule has 1 aromatic carbocycles. The van der Waals surface area contributed by atoms with Crippen LogP contribution in [0, 0.1) is 5.92 Å². The summed E-state index contributed by atoms with van der Waals surface area (Å²) in [5.41, 5.74) is 0.814.